The van der Waals surface area contributed by atoms with Crippen molar-refractivity contribution in [2.45, 2.75) is 33.6 Å². The van der Waals surface area contributed by atoms with Crippen LogP contribution >= 0.6 is 0 Å². The molecule has 0 aliphatic heterocycles. The first-order chi connectivity index (χ1) is 10.4. The Morgan fingerprint density at radius 1 is 1.09 bits per heavy atom. The molecule has 0 aromatic heterocycles. The van der Waals surface area contributed by atoms with E-state index in [9.17, 15) is 14.4 Å². The van der Waals surface area contributed by atoms with Crippen LogP contribution in [-0.4, -0.2) is 35.7 Å². The zero-order valence-electron chi connectivity index (χ0n) is 13.3. The summed E-state index contributed by atoms with van der Waals surface area (Å²) in [5.41, 5.74) is 1.19. The summed E-state index contributed by atoms with van der Waals surface area (Å²) in [6, 6.07) is 6.87. The molecule has 0 fully saturated rings. The summed E-state index contributed by atoms with van der Waals surface area (Å²) >= 11 is 0. The van der Waals surface area contributed by atoms with Crippen molar-refractivity contribution in [2.24, 2.45) is 0 Å². The summed E-state index contributed by atoms with van der Waals surface area (Å²) in [5.74, 6) is -0.548. The molecule has 2 N–H and O–H groups in total. The molecule has 3 amide bonds. The maximum absolute atomic E-state index is 12.0. The van der Waals surface area contributed by atoms with Crippen LogP contribution in [0.4, 0.5) is 11.4 Å². The molecule has 120 valence electrons. The Hall–Kier alpha value is -2.37. The normalized spacial score (nSPS) is 9.95. The largest absolute Gasteiger partial charge is 0.334 e. The van der Waals surface area contributed by atoms with Crippen LogP contribution < -0.4 is 10.6 Å². The van der Waals surface area contributed by atoms with E-state index in [0.29, 0.717) is 17.9 Å². The highest BCUT2D eigenvalue weighted by atomic mass is 16.2. The molecule has 1 aromatic rings. The molecule has 0 atom stereocenters. The Bertz CT molecular complexity index is 543. The molecule has 1 rings (SSSR count). The Labute approximate surface area is 130 Å². The van der Waals surface area contributed by atoms with Crippen molar-refractivity contribution in [3.8, 4) is 0 Å². The predicted octanol–water partition coefficient (Wildman–Crippen LogP) is 2.23. The second kappa shape index (κ2) is 8.81. The van der Waals surface area contributed by atoms with Gasteiger partial charge in [0.05, 0.1) is 6.54 Å². The highest BCUT2D eigenvalue weighted by molar-refractivity contribution is 5.95. The minimum absolute atomic E-state index is 0.0275. The van der Waals surface area contributed by atoms with Crippen molar-refractivity contribution >= 4 is 29.1 Å². The first kappa shape index (κ1) is 17.7. The highest BCUT2D eigenvalue weighted by Crippen LogP contribution is 2.15. The third-order valence-corrected chi connectivity index (χ3v) is 3.03. The van der Waals surface area contributed by atoms with E-state index in [1.165, 1.54) is 18.7 Å². The average Bonchev–Trinajstić information content (AvgIpc) is 2.42. The summed E-state index contributed by atoms with van der Waals surface area (Å²) in [5, 5.41) is 5.38. The van der Waals surface area contributed by atoms with Gasteiger partial charge in [-0.05, 0) is 24.6 Å². The Morgan fingerprint density at radius 3 is 2.27 bits per heavy atom. The summed E-state index contributed by atoms with van der Waals surface area (Å²) in [6.07, 6.45) is 1.83. The molecule has 0 aliphatic carbocycles. The lowest BCUT2D eigenvalue weighted by atomic mass is 10.2. The van der Waals surface area contributed by atoms with Gasteiger partial charge in [-0.25, -0.2) is 0 Å². The Kier molecular flexibility index (Phi) is 7.08. The topological polar surface area (TPSA) is 78.5 Å². The number of carbonyl (C=O) groups is 3. The minimum Gasteiger partial charge on any atom is -0.334 e. The third-order valence-electron chi connectivity index (χ3n) is 3.03. The number of amides is 3. The highest BCUT2D eigenvalue weighted by Gasteiger charge is 2.13. The number of nitrogens with zero attached hydrogens (tertiary/aromatic N) is 1. The molecule has 0 saturated carbocycles. The fourth-order valence-corrected chi connectivity index (χ4v) is 1.95. The maximum Gasteiger partial charge on any atom is 0.243 e. The second-order valence-electron chi connectivity index (χ2n) is 5.10. The van der Waals surface area contributed by atoms with Gasteiger partial charge in [-0.15, -0.1) is 0 Å². The van der Waals surface area contributed by atoms with Crippen LogP contribution in [0.2, 0.25) is 0 Å². The van der Waals surface area contributed by atoms with Gasteiger partial charge < -0.3 is 15.5 Å². The number of benzene rings is 1. The zero-order valence-corrected chi connectivity index (χ0v) is 13.3. The van der Waals surface area contributed by atoms with Crippen LogP contribution in [0.5, 0.6) is 0 Å². The number of hydrogen-bond acceptors (Lipinski definition) is 3. The first-order valence-corrected chi connectivity index (χ1v) is 7.35. The molecule has 6 heteroatoms. The molecular weight excluding hydrogens is 282 g/mol. The van der Waals surface area contributed by atoms with Gasteiger partial charge in [-0.3, -0.25) is 14.4 Å². The van der Waals surface area contributed by atoms with E-state index < -0.39 is 0 Å². The van der Waals surface area contributed by atoms with Crippen molar-refractivity contribution in [2.75, 3.05) is 23.7 Å². The van der Waals surface area contributed by atoms with Gasteiger partial charge in [0.2, 0.25) is 17.7 Å². The SMILES string of the molecule is CCCCN(CC(=O)Nc1cccc(NC(C)=O)c1)C(C)=O. The van der Waals surface area contributed by atoms with Crippen molar-refractivity contribution in [1.82, 2.24) is 4.90 Å². The maximum atomic E-state index is 12.0. The quantitative estimate of drug-likeness (QED) is 0.811. The summed E-state index contributed by atoms with van der Waals surface area (Å²) in [7, 11) is 0. The number of unbranched alkanes of at least 4 members (excludes halogenated alkanes) is 1. The molecule has 0 spiro atoms. The van der Waals surface area contributed by atoms with E-state index in [0.717, 1.165) is 12.8 Å². The monoisotopic (exact) mass is 305 g/mol. The molecular formula is C16H23N3O3. The Balaban J connectivity index is 2.63. The predicted molar refractivity (Wildman–Crippen MR) is 86.5 cm³/mol. The van der Waals surface area contributed by atoms with Gasteiger partial charge >= 0.3 is 0 Å². The second-order valence-corrected chi connectivity index (χ2v) is 5.10. The third kappa shape index (κ3) is 6.39. The summed E-state index contributed by atoms with van der Waals surface area (Å²) < 4.78 is 0. The lowest BCUT2D eigenvalue weighted by Gasteiger charge is -2.20. The van der Waals surface area contributed by atoms with Crippen LogP contribution in [0.15, 0.2) is 24.3 Å². The fourth-order valence-electron chi connectivity index (χ4n) is 1.95. The molecule has 0 radical (unpaired) electrons. The van der Waals surface area contributed by atoms with E-state index in [1.807, 2.05) is 6.92 Å². The molecule has 0 unspecified atom stereocenters. The van der Waals surface area contributed by atoms with Crippen molar-refractivity contribution < 1.29 is 14.4 Å². The van der Waals surface area contributed by atoms with E-state index in [1.54, 1.807) is 24.3 Å². The van der Waals surface area contributed by atoms with Gasteiger partial charge in [-0.2, -0.15) is 0 Å². The summed E-state index contributed by atoms with van der Waals surface area (Å²) in [4.78, 5) is 36.1. The van der Waals surface area contributed by atoms with Crippen LogP contribution in [0.3, 0.4) is 0 Å². The number of rotatable bonds is 7. The number of hydrogen-bond donors (Lipinski definition) is 2. The van der Waals surface area contributed by atoms with Crippen LogP contribution in [-0.2, 0) is 14.4 Å². The van der Waals surface area contributed by atoms with E-state index in [2.05, 4.69) is 10.6 Å². The van der Waals surface area contributed by atoms with Crippen molar-refractivity contribution in [3.63, 3.8) is 0 Å². The molecule has 0 saturated heterocycles. The molecule has 6 nitrogen and oxygen atoms in total. The molecule has 1 aromatic carbocycles. The lowest BCUT2D eigenvalue weighted by molar-refractivity contribution is -0.132. The lowest BCUT2D eigenvalue weighted by Crippen LogP contribution is -2.37. The first-order valence-electron chi connectivity index (χ1n) is 7.35. The van der Waals surface area contributed by atoms with Gasteiger partial charge in [0.25, 0.3) is 0 Å². The fraction of sp³-hybridized carbons (Fsp3) is 0.438. The van der Waals surface area contributed by atoms with Crippen molar-refractivity contribution in [1.29, 1.82) is 0 Å². The number of anilines is 2. The van der Waals surface area contributed by atoms with E-state index in [4.69, 9.17) is 0 Å². The van der Waals surface area contributed by atoms with Crippen LogP contribution in [0.25, 0.3) is 0 Å². The Morgan fingerprint density at radius 2 is 1.73 bits per heavy atom. The zero-order chi connectivity index (χ0) is 16.5. The number of carbonyl (C=O) groups excluding carboxylic acids is 3. The van der Waals surface area contributed by atoms with Gasteiger partial charge in [0.1, 0.15) is 0 Å². The number of nitrogens with one attached hydrogen (secondary N) is 2. The van der Waals surface area contributed by atoms with Gasteiger partial charge in [-0.1, -0.05) is 19.4 Å². The minimum atomic E-state index is -0.258. The van der Waals surface area contributed by atoms with Crippen molar-refractivity contribution in [3.05, 3.63) is 24.3 Å². The molecule has 0 heterocycles. The van der Waals surface area contributed by atoms with Gasteiger partial charge in [0.15, 0.2) is 0 Å². The van der Waals surface area contributed by atoms with Gasteiger partial charge in [0, 0.05) is 31.8 Å². The van der Waals surface area contributed by atoms with E-state index in [-0.39, 0.29) is 24.3 Å². The standard InChI is InChI=1S/C16H23N3O3/c1-4-5-9-19(13(3)21)11-16(22)18-15-8-6-7-14(10-15)17-12(2)20/h6-8,10H,4-5,9,11H2,1-3H3,(H,17,20)(H,18,22). The summed E-state index contributed by atoms with van der Waals surface area (Å²) in [6.45, 7) is 5.51. The molecule has 0 bridgehead atoms. The smallest absolute Gasteiger partial charge is 0.243 e. The molecule has 0 aliphatic rings. The van der Waals surface area contributed by atoms with E-state index >= 15 is 0 Å². The van der Waals surface area contributed by atoms with Crippen LogP contribution in [0.1, 0.15) is 33.6 Å². The van der Waals surface area contributed by atoms with Crippen LogP contribution in [0, 0.1) is 0 Å². The average molecular weight is 305 g/mol. The molecule has 22 heavy (non-hydrogen) atoms.